The van der Waals surface area contributed by atoms with Crippen molar-refractivity contribution >= 4 is 28.3 Å². The van der Waals surface area contributed by atoms with Gasteiger partial charge in [-0.15, -0.1) is 0 Å². The summed E-state index contributed by atoms with van der Waals surface area (Å²) in [5, 5.41) is 0.243. The molecule has 0 fully saturated rings. The molecule has 4 nitrogen and oxygen atoms in total. The Hall–Kier alpha value is -2.97. The molecule has 224 valence electrons. The molecule has 41 heavy (non-hydrogen) atoms. The van der Waals surface area contributed by atoms with E-state index in [0.717, 1.165) is 39.5 Å². The highest BCUT2D eigenvalue weighted by molar-refractivity contribution is 6.75. The van der Waals surface area contributed by atoms with Gasteiger partial charge in [0.25, 0.3) is 0 Å². The maximum atomic E-state index is 6.52. The third-order valence-electron chi connectivity index (χ3n) is 8.32. The van der Waals surface area contributed by atoms with E-state index in [1.807, 2.05) is 31.2 Å². The van der Waals surface area contributed by atoms with Gasteiger partial charge in [0.2, 0.25) is 16.6 Å². The predicted octanol–water partition coefficient (Wildman–Crippen LogP) is 10.6. The van der Waals surface area contributed by atoms with Crippen LogP contribution in [0.25, 0.3) is 11.6 Å². The molecule has 0 saturated carbocycles. The Balaban J connectivity index is 2.61. The van der Waals surface area contributed by atoms with Crippen molar-refractivity contribution in [3.63, 3.8) is 0 Å². The van der Waals surface area contributed by atoms with Crippen LogP contribution in [0.5, 0.6) is 11.5 Å². The number of methoxy groups -OCH3 is 2. The number of benzene rings is 2. The number of ether oxygens (including phenoxy) is 2. The van der Waals surface area contributed by atoms with Gasteiger partial charge >= 0.3 is 0 Å². The number of rotatable bonds is 11. The molecular formula is C35H52O4Si2. The Morgan fingerprint density at radius 2 is 1.24 bits per heavy atom. The van der Waals surface area contributed by atoms with E-state index >= 15 is 0 Å². The van der Waals surface area contributed by atoms with Gasteiger partial charge in [-0.2, -0.15) is 0 Å². The normalized spacial score (nSPS) is 14.0. The van der Waals surface area contributed by atoms with Gasteiger partial charge in [-0.1, -0.05) is 72.4 Å². The molecule has 0 amide bonds. The molecule has 0 atom stereocenters. The fourth-order valence-corrected chi connectivity index (χ4v) is 5.78. The topological polar surface area (TPSA) is 36.9 Å². The lowest BCUT2D eigenvalue weighted by molar-refractivity contribution is 0.305. The lowest BCUT2D eigenvalue weighted by Gasteiger charge is -2.36. The van der Waals surface area contributed by atoms with E-state index in [9.17, 15) is 0 Å². The highest BCUT2D eigenvalue weighted by Gasteiger charge is 2.39. The zero-order chi connectivity index (χ0) is 31.2. The monoisotopic (exact) mass is 592 g/mol. The van der Waals surface area contributed by atoms with Crippen molar-refractivity contribution in [1.82, 2.24) is 0 Å². The molecule has 0 unspecified atom stereocenters. The summed E-state index contributed by atoms with van der Waals surface area (Å²) in [5.41, 5.74) is 3.92. The summed E-state index contributed by atoms with van der Waals surface area (Å²) in [4.78, 5) is 0. The first kappa shape index (κ1) is 34.2. The minimum atomic E-state index is -1.96. The van der Waals surface area contributed by atoms with Gasteiger partial charge in [0.1, 0.15) is 17.3 Å². The Labute approximate surface area is 252 Å². The molecule has 2 aromatic carbocycles. The highest BCUT2D eigenvalue weighted by atomic mass is 28.4. The molecule has 6 heteroatoms. The summed E-state index contributed by atoms with van der Waals surface area (Å²) in [6, 6.07) is 16.4. The molecule has 2 rings (SSSR count). The van der Waals surface area contributed by atoms with E-state index in [0.29, 0.717) is 5.76 Å². The van der Waals surface area contributed by atoms with E-state index < -0.39 is 16.6 Å². The second kappa shape index (κ2) is 13.3. The third kappa shape index (κ3) is 9.27. The molecule has 0 heterocycles. The van der Waals surface area contributed by atoms with Crippen LogP contribution in [0.2, 0.25) is 36.3 Å². The second-order valence-corrected chi connectivity index (χ2v) is 23.0. The molecule has 0 aliphatic rings. The van der Waals surface area contributed by atoms with Crippen LogP contribution in [0, 0.1) is 0 Å². The van der Waals surface area contributed by atoms with E-state index in [-0.39, 0.29) is 10.1 Å². The summed E-state index contributed by atoms with van der Waals surface area (Å²) >= 11 is 0. The van der Waals surface area contributed by atoms with Crippen LogP contribution < -0.4 is 9.16 Å². The van der Waals surface area contributed by atoms with E-state index in [1.54, 1.807) is 14.2 Å². The van der Waals surface area contributed by atoms with Crippen LogP contribution in [0.1, 0.15) is 59.6 Å². The largest absolute Gasteiger partial charge is 0.547 e. The third-order valence-corrected chi connectivity index (χ3v) is 17.1. The second-order valence-electron chi connectivity index (χ2n) is 13.6. The molecule has 0 aromatic heterocycles. The van der Waals surface area contributed by atoms with Gasteiger partial charge in [0, 0.05) is 5.57 Å². The zero-order valence-corrected chi connectivity index (χ0v) is 29.7. The molecule has 0 N–H and O–H groups in total. The molecule has 0 radical (unpaired) electrons. The van der Waals surface area contributed by atoms with Crippen molar-refractivity contribution in [2.24, 2.45) is 0 Å². The quantitative estimate of drug-likeness (QED) is 0.113. The van der Waals surface area contributed by atoms with Crippen LogP contribution in [0.4, 0.5) is 0 Å². The number of allylic oxidation sites excluding steroid dienone is 4. The average Bonchev–Trinajstić information content (AvgIpc) is 2.87. The van der Waals surface area contributed by atoms with Crippen molar-refractivity contribution in [3.8, 4) is 11.5 Å². The highest BCUT2D eigenvalue weighted by Crippen LogP contribution is 2.39. The fraction of sp³-hybridized carbons (Fsp3) is 0.429. The molecule has 0 bridgehead atoms. The van der Waals surface area contributed by atoms with Crippen LogP contribution in [-0.2, 0) is 9.16 Å². The maximum Gasteiger partial charge on any atom is 0.250 e. The van der Waals surface area contributed by atoms with Crippen LogP contribution in [-0.4, -0.2) is 30.9 Å². The van der Waals surface area contributed by atoms with Crippen LogP contribution in [0.15, 0.2) is 84.4 Å². The van der Waals surface area contributed by atoms with Gasteiger partial charge < -0.3 is 18.3 Å². The van der Waals surface area contributed by atoms with Crippen molar-refractivity contribution in [2.45, 2.75) is 84.7 Å². The number of hydrogen-bond acceptors (Lipinski definition) is 4. The summed E-state index contributed by atoms with van der Waals surface area (Å²) in [6.07, 6.45) is 6.22. The van der Waals surface area contributed by atoms with E-state index in [2.05, 4.69) is 117 Å². The van der Waals surface area contributed by atoms with E-state index in [4.69, 9.17) is 18.3 Å². The predicted molar refractivity (Wildman–Crippen MR) is 181 cm³/mol. The lowest BCUT2D eigenvalue weighted by atomic mass is 9.94. The Bertz CT molecular complexity index is 1270. The lowest BCUT2D eigenvalue weighted by Crippen LogP contribution is -2.43. The van der Waals surface area contributed by atoms with Gasteiger partial charge in [-0.05, 0) is 102 Å². The first-order valence-electron chi connectivity index (χ1n) is 14.3. The Kier molecular flexibility index (Phi) is 11.1. The van der Waals surface area contributed by atoms with Gasteiger partial charge in [0.05, 0.1) is 20.0 Å². The van der Waals surface area contributed by atoms with Crippen LogP contribution in [0.3, 0.4) is 0 Å². The summed E-state index contributed by atoms with van der Waals surface area (Å²) in [7, 11) is -0.563. The van der Waals surface area contributed by atoms with Gasteiger partial charge in [0.15, 0.2) is 0 Å². The van der Waals surface area contributed by atoms with E-state index in [1.165, 1.54) is 0 Å². The van der Waals surface area contributed by atoms with Gasteiger partial charge in [-0.3, -0.25) is 0 Å². The standard InChI is InChI=1S/C35H52O4Si2/c1-26(38-40(11,12)34(3,4)5)15-24-32(27(2)36-9)33(29-18-22-30(37-10)23-19-29)25-28-16-20-31(21-17-28)39-41(13,14)35(6,7)8/h15-25H,2H2,1,3-14H3/b26-15+,32-24+,33-25+. The average molecular weight is 593 g/mol. The molecular weight excluding hydrogens is 541 g/mol. The molecule has 2 aromatic rings. The molecule has 0 saturated heterocycles. The first-order valence-corrected chi connectivity index (χ1v) is 20.1. The Morgan fingerprint density at radius 1 is 0.732 bits per heavy atom. The summed E-state index contributed by atoms with van der Waals surface area (Å²) in [6.45, 7) is 28.8. The Morgan fingerprint density at radius 3 is 1.71 bits per heavy atom. The molecule has 0 spiro atoms. The van der Waals surface area contributed by atoms with Crippen LogP contribution >= 0.6 is 0 Å². The fourth-order valence-electron chi connectivity index (χ4n) is 3.57. The summed E-state index contributed by atoms with van der Waals surface area (Å²) in [5.74, 6) is 3.15. The van der Waals surface area contributed by atoms with Crippen molar-refractivity contribution < 1.29 is 18.3 Å². The molecule has 0 aliphatic carbocycles. The maximum absolute atomic E-state index is 6.52. The van der Waals surface area contributed by atoms with Gasteiger partial charge in [-0.25, -0.2) is 0 Å². The SMILES string of the molecule is C=C(OC)C(=C\C=C(/C)O[Si](C)(C)C(C)(C)C)/C(=C/c1ccc(O[Si](C)(C)C(C)(C)C)cc1)c1ccc(OC)cc1. The smallest absolute Gasteiger partial charge is 0.250 e. The number of hydrogen-bond donors (Lipinski definition) is 0. The molecule has 0 aliphatic heterocycles. The summed E-state index contributed by atoms with van der Waals surface area (Å²) < 4.78 is 24.1. The minimum absolute atomic E-state index is 0.111. The minimum Gasteiger partial charge on any atom is -0.547 e. The van der Waals surface area contributed by atoms with Crippen molar-refractivity contribution in [3.05, 3.63) is 95.5 Å². The first-order chi connectivity index (χ1) is 18.8. The van der Waals surface area contributed by atoms with Crippen molar-refractivity contribution in [1.29, 1.82) is 0 Å². The van der Waals surface area contributed by atoms with Crippen molar-refractivity contribution in [2.75, 3.05) is 14.2 Å². The zero-order valence-electron chi connectivity index (χ0n) is 27.7.